The fraction of sp³-hybridized carbons (Fsp3) is 0.786. The number of hydrogen-bond acceptors (Lipinski definition) is 3. The van der Waals surface area contributed by atoms with Crippen LogP contribution in [0.1, 0.15) is 58.7 Å². The van der Waals surface area contributed by atoms with Crippen LogP contribution in [0.2, 0.25) is 0 Å². The Morgan fingerprint density at radius 2 is 1.94 bits per heavy atom. The summed E-state index contributed by atoms with van der Waals surface area (Å²) in [5.41, 5.74) is -0.164. The van der Waals surface area contributed by atoms with Gasteiger partial charge in [0.25, 0.3) is 0 Å². The molecule has 2 N–H and O–H groups in total. The van der Waals surface area contributed by atoms with Crippen LogP contribution in [0.4, 0.5) is 0 Å². The van der Waals surface area contributed by atoms with Crippen molar-refractivity contribution < 1.29 is 10.2 Å². The number of nitrogens with zero attached hydrogens (tertiary/aromatic N) is 2. The number of hydrogen-bond donors (Lipinski definition) is 2. The monoisotopic (exact) mass is 254 g/mol. The van der Waals surface area contributed by atoms with E-state index < -0.39 is 11.7 Å². The Morgan fingerprint density at radius 3 is 2.44 bits per heavy atom. The van der Waals surface area contributed by atoms with Crippen molar-refractivity contribution in [1.82, 2.24) is 9.78 Å². The third-order valence-corrected chi connectivity index (χ3v) is 3.95. The van der Waals surface area contributed by atoms with E-state index in [0.717, 1.165) is 12.1 Å². The predicted octanol–water partition coefficient (Wildman–Crippen LogP) is 2.31. The zero-order valence-electron chi connectivity index (χ0n) is 11.9. The second-order valence-electron chi connectivity index (χ2n) is 5.07. The number of aliphatic hydroxyl groups excluding tert-OH is 1. The van der Waals surface area contributed by atoms with E-state index in [1.165, 1.54) is 0 Å². The molecule has 2 atom stereocenters. The quantitative estimate of drug-likeness (QED) is 0.785. The van der Waals surface area contributed by atoms with Crippen LogP contribution in [0, 0.1) is 0 Å². The van der Waals surface area contributed by atoms with Crippen LogP contribution in [0.3, 0.4) is 0 Å². The molecule has 0 aromatic carbocycles. The second-order valence-corrected chi connectivity index (χ2v) is 5.07. The van der Waals surface area contributed by atoms with E-state index >= 15 is 0 Å². The van der Waals surface area contributed by atoms with Gasteiger partial charge in [-0.05, 0) is 32.3 Å². The molecule has 104 valence electrons. The van der Waals surface area contributed by atoms with Gasteiger partial charge in [-0.25, -0.2) is 0 Å². The van der Waals surface area contributed by atoms with Crippen molar-refractivity contribution in [2.24, 2.45) is 0 Å². The summed E-state index contributed by atoms with van der Waals surface area (Å²) < 4.78 is 1.92. The van der Waals surface area contributed by atoms with Crippen LogP contribution in [0.5, 0.6) is 0 Å². The highest BCUT2D eigenvalue weighted by molar-refractivity contribution is 5.04. The van der Waals surface area contributed by atoms with Gasteiger partial charge in [-0.15, -0.1) is 0 Å². The average molecular weight is 254 g/mol. The molecule has 0 spiro atoms. The van der Waals surface area contributed by atoms with Crippen molar-refractivity contribution in [3.05, 3.63) is 18.0 Å². The Labute approximate surface area is 110 Å². The van der Waals surface area contributed by atoms with E-state index in [-0.39, 0.29) is 0 Å². The minimum atomic E-state index is -1.000. The smallest absolute Gasteiger partial charge is 0.0904 e. The van der Waals surface area contributed by atoms with E-state index in [2.05, 4.69) is 18.9 Å². The van der Waals surface area contributed by atoms with Crippen LogP contribution < -0.4 is 0 Å². The molecule has 0 radical (unpaired) electrons. The summed E-state index contributed by atoms with van der Waals surface area (Å²) in [6.07, 6.45) is 3.72. The molecule has 0 aliphatic rings. The summed E-state index contributed by atoms with van der Waals surface area (Å²) in [4.78, 5) is 0. The van der Waals surface area contributed by atoms with Gasteiger partial charge in [-0.3, -0.25) is 4.68 Å². The maximum absolute atomic E-state index is 10.2. The molecule has 2 unspecified atom stereocenters. The zero-order chi connectivity index (χ0) is 13.8. The summed E-state index contributed by atoms with van der Waals surface area (Å²) in [7, 11) is 0. The van der Waals surface area contributed by atoms with Gasteiger partial charge >= 0.3 is 0 Å². The van der Waals surface area contributed by atoms with Crippen LogP contribution in [-0.4, -0.2) is 31.7 Å². The molecular weight excluding hydrogens is 228 g/mol. The van der Waals surface area contributed by atoms with E-state index in [1.807, 2.05) is 30.8 Å². The fourth-order valence-corrected chi connectivity index (χ4v) is 2.03. The maximum atomic E-state index is 10.2. The largest absolute Gasteiger partial charge is 0.390 e. The normalized spacial score (nSPS) is 15.7. The summed E-state index contributed by atoms with van der Waals surface area (Å²) >= 11 is 0. The molecule has 0 amide bonds. The van der Waals surface area contributed by atoms with E-state index in [9.17, 15) is 10.2 Å². The van der Waals surface area contributed by atoms with Crippen LogP contribution >= 0.6 is 0 Å². The van der Waals surface area contributed by atoms with Gasteiger partial charge in [0.15, 0.2) is 0 Å². The highest BCUT2D eigenvalue weighted by Crippen LogP contribution is 2.22. The Bertz CT molecular complexity index is 358. The molecule has 18 heavy (non-hydrogen) atoms. The molecule has 4 heteroatoms. The standard InChI is InChI=1S/C14H26N2O2/c1-5-11(4)16-9-8-12(15-16)10-13(17)14(18,6-2)7-3/h8-9,11,13,17-18H,5-7,10H2,1-4H3. The number of rotatable bonds is 7. The lowest BCUT2D eigenvalue weighted by molar-refractivity contribution is -0.0794. The molecular formula is C14H26N2O2. The highest BCUT2D eigenvalue weighted by atomic mass is 16.3. The minimum Gasteiger partial charge on any atom is -0.390 e. The number of aliphatic hydroxyl groups is 2. The van der Waals surface area contributed by atoms with E-state index in [0.29, 0.717) is 25.3 Å². The highest BCUT2D eigenvalue weighted by Gasteiger charge is 2.32. The average Bonchev–Trinajstić information content (AvgIpc) is 2.85. The SMILES string of the molecule is CCC(C)n1ccc(CC(O)C(O)(CC)CC)n1. The van der Waals surface area contributed by atoms with Gasteiger partial charge in [0.05, 0.1) is 17.4 Å². The first-order valence-electron chi connectivity index (χ1n) is 6.91. The molecule has 0 fully saturated rings. The lowest BCUT2D eigenvalue weighted by atomic mass is 9.88. The van der Waals surface area contributed by atoms with Crippen LogP contribution in [0.25, 0.3) is 0 Å². The van der Waals surface area contributed by atoms with Gasteiger partial charge in [-0.2, -0.15) is 5.10 Å². The predicted molar refractivity (Wildman–Crippen MR) is 72.5 cm³/mol. The topological polar surface area (TPSA) is 58.3 Å². The molecule has 0 aliphatic heterocycles. The Balaban J connectivity index is 2.70. The van der Waals surface area contributed by atoms with Crippen LogP contribution in [0.15, 0.2) is 12.3 Å². The Morgan fingerprint density at radius 1 is 1.33 bits per heavy atom. The first-order valence-corrected chi connectivity index (χ1v) is 6.91. The van der Waals surface area contributed by atoms with Gasteiger partial charge in [-0.1, -0.05) is 20.8 Å². The number of aromatic nitrogens is 2. The molecule has 0 saturated heterocycles. The lowest BCUT2D eigenvalue weighted by Gasteiger charge is -2.30. The fourth-order valence-electron chi connectivity index (χ4n) is 2.03. The van der Waals surface area contributed by atoms with E-state index in [1.54, 1.807) is 0 Å². The van der Waals surface area contributed by atoms with Crippen molar-refractivity contribution in [1.29, 1.82) is 0 Å². The molecule has 1 aromatic rings. The molecule has 1 rings (SSSR count). The summed E-state index contributed by atoms with van der Waals surface area (Å²) in [6, 6.07) is 2.29. The second kappa shape index (κ2) is 6.34. The Hall–Kier alpha value is -0.870. The zero-order valence-corrected chi connectivity index (χ0v) is 11.9. The lowest BCUT2D eigenvalue weighted by Crippen LogP contribution is -2.42. The third kappa shape index (κ3) is 3.33. The van der Waals surface area contributed by atoms with E-state index in [4.69, 9.17) is 0 Å². The molecule has 0 saturated carbocycles. The van der Waals surface area contributed by atoms with Crippen molar-refractivity contribution in [2.75, 3.05) is 0 Å². The summed E-state index contributed by atoms with van der Waals surface area (Å²) in [5, 5.41) is 24.8. The maximum Gasteiger partial charge on any atom is 0.0904 e. The van der Waals surface area contributed by atoms with Crippen molar-refractivity contribution >= 4 is 0 Å². The van der Waals surface area contributed by atoms with Gasteiger partial charge in [0.1, 0.15) is 0 Å². The van der Waals surface area contributed by atoms with Crippen LogP contribution in [-0.2, 0) is 6.42 Å². The van der Waals surface area contributed by atoms with Gasteiger partial charge in [0.2, 0.25) is 0 Å². The minimum absolute atomic E-state index is 0.368. The molecule has 0 bridgehead atoms. The Kier molecular flexibility index (Phi) is 5.35. The third-order valence-electron chi connectivity index (χ3n) is 3.95. The molecule has 1 heterocycles. The molecule has 0 aliphatic carbocycles. The van der Waals surface area contributed by atoms with Gasteiger partial charge in [0, 0.05) is 18.7 Å². The molecule has 1 aromatic heterocycles. The first kappa shape index (κ1) is 15.2. The van der Waals surface area contributed by atoms with Gasteiger partial charge < -0.3 is 10.2 Å². The van der Waals surface area contributed by atoms with Crippen molar-refractivity contribution in [3.8, 4) is 0 Å². The van der Waals surface area contributed by atoms with Crippen molar-refractivity contribution in [2.45, 2.75) is 71.1 Å². The first-order chi connectivity index (χ1) is 8.46. The summed E-state index contributed by atoms with van der Waals surface area (Å²) in [5.74, 6) is 0. The summed E-state index contributed by atoms with van der Waals surface area (Å²) in [6.45, 7) is 8.02. The van der Waals surface area contributed by atoms with Crippen molar-refractivity contribution in [3.63, 3.8) is 0 Å². The molecule has 4 nitrogen and oxygen atoms in total.